The van der Waals surface area contributed by atoms with Gasteiger partial charge in [0.05, 0.1) is 5.56 Å². The van der Waals surface area contributed by atoms with Crippen molar-refractivity contribution in [3.05, 3.63) is 95.9 Å². The Morgan fingerprint density at radius 1 is 0.933 bits per heavy atom. The predicted molar refractivity (Wildman–Crippen MR) is 110 cm³/mol. The van der Waals surface area contributed by atoms with E-state index in [0.29, 0.717) is 28.8 Å². The fourth-order valence-corrected chi connectivity index (χ4v) is 3.90. The molecule has 0 amide bonds. The third kappa shape index (κ3) is 2.52. The van der Waals surface area contributed by atoms with Gasteiger partial charge in [0.25, 0.3) is 0 Å². The zero-order valence-corrected chi connectivity index (χ0v) is 15.7. The van der Waals surface area contributed by atoms with Gasteiger partial charge in [-0.05, 0) is 23.8 Å². The predicted octanol–water partition coefficient (Wildman–Crippen LogP) is 4.18. The minimum absolute atomic E-state index is 0.144. The molecular formula is C23H15N5O2. The van der Waals surface area contributed by atoms with Crippen molar-refractivity contribution in [2.24, 2.45) is 0 Å². The highest BCUT2D eigenvalue weighted by Crippen LogP contribution is 2.48. The monoisotopic (exact) mass is 393 g/mol. The van der Waals surface area contributed by atoms with E-state index in [1.807, 2.05) is 42.5 Å². The summed E-state index contributed by atoms with van der Waals surface area (Å²) >= 11 is 0. The average Bonchev–Trinajstić information content (AvgIpc) is 3.23. The SMILES string of the molecule is Oc1ccc2c(c1)Oc1ncn3nc(-c4ccccn4)nc3c1[C@H]2c1ccccc1. The molecular weight excluding hydrogens is 378 g/mol. The number of benzene rings is 2. The molecule has 0 unspecified atom stereocenters. The number of nitrogens with zero attached hydrogens (tertiary/aromatic N) is 5. The molecule has 0 saturated carbocycles. The lowest BCUT2D eigenvalue weighted by Gasteiger charge is -2.27. The number of aromatic hydroxyl groups is 1. The number of aromatic nitrogens is 5. The summed E-state index contributed by atoms with van der Waals surface area (Å²) in [5, 5.41) is 14.5. The molecule has 0 radical (unpaired) electrons. The van der Waals surface area contributed by atoms with Gasteiger partial charge in [-0.3, -0.25) is 4.98 Å². The summed E-state index contributed by atoms with van der Waals surface area (Å²) in [6, 6.07) is 20.9. The molecule has 7 heteroatoms. The fourth-order valence-electron chi connectivity index (χ4n) is 3.90. The number of phenolic OH excluding ortho intramolecular Hbond substituents is 1. The molecule has 3 aromatic heterocycles. The second kappa shape index (κ2) is 6.38. The molecule has 0 bridgehead atoms. The number of hydrogen-bond donors (Lipinski definition) is 1. The van der Waals surface area contributed by atoms with Crippen LogP contribution in [0.3, 0.4) is 0 Å². The number of fused-ring (bicyclic) bond motifs is 4. The van der Waals surface area contributed by atoms with Gasteiger partial charge in [0.15, 0.2) is 5.65 Å². The van der Waals surface area contributed by atoms with Crippen molar-refractivity contribution in [2.75, 3.05) is 0 Å². The van der Waals surface area contributed by atoms with Crippen molar-refractivity contribution in [3.63, 3.8) is 0 Å². The van der Waals surface area contributed by atoms with Crippen LogP contribution in [-0.2, 0) is 0 Å². The summed E-state index contributed by atoms with van der Waals surface area (Å²) in [6.45, 7) is 0. The topological polar surface area (TPSA) is 85.4 Å². The third-order valence-corrected chi connectivity index (χ3v) is 5.22. The molecule has 144 valence electrons. The molecule has 1 aliphatic heterocycles. The Hall–Kier alpha value is -4.26. The Labute approximate surface area is 171 Å². The van der Waals surface area contributed by atoms with E-state index in [4.69, 9.17) is 9.72 Å². The van der Waals surface area contributed by atoms with Gasteiger partial charge in [-0.2, -0.15) is 0 Å². The van der Waals surface area contributed by atoms with Gasteiger partial charge >= 0.3 is 0 Å². The Bertz CT molecular complexity index is 1380. The molecule has 1 aliphatic rings. The van der Waals surface area contributed by atoms with Crippen LogP contribution in [-0.4, -0.2) is 29.7 Å². The van der Waals surface area contributed by atoms with Crippen molar-refractivity contribution in [1.82, 2.24) is 24.6 Å². The summed E-state index contributed by atoms with van der Waals surface area (Å²) in [6.07, 6.45) is 3.30. The quantitative estimate of drug-likeness (QED) is 0.475. The van der Waals surface area contributed by atoms with E-state index >= 15 is 0 Å². The molecule has 1 atom stereocenters. The van der Waals surface area contributed by atoms with Crippen molar-refractivity contribution in [3.8, 4) is 28.9 Å². The first-order valence-electron chi connectivity index (χ1n) is 9.50. The van der Waals surface area contributed by atoms with E-state index in [-0.39, 0.29) is 11.7 Å². The highest BCUT2D eigenvalue weighted by atomic mass is 16.5. The van der Waals surface area contributed by atoms with Crippen LogP contribution in [0.25, 0.3) is 17.2 Å². The Kier molecular flexibility index (Phi) is 3.55. The van der Waals surface area contributed by atoms with E-state index in [2.05, 4.69) is 27.2 Å². The molecule has 0 aliphatic carbocycles. The zero-order chi connectivity index (χ0) is 20.1. The van der Waals surface area contributed by atoms with Gasteiger partial charge in [0.2, 0.25) is 11.7 Å². The maximum Gasteiger partial charge on any atom is 0.228 e. The normalized spacial score (nSPS) is 14.7. The first-order chi connectivity index (χ1) is 14.8. The van der Waals surface area contributed by atoms with Crippen molar-refractivity contribution < 1.29 is 9.84 Å². The van der Waals surface area contributed by atoms with E-state index in [1.165, 1.54) is 0 Å². The lowest BCUT2D eigenvalue weighted by atomic mass is 9.84. The summed E-state index contributed by atoms with van der Waals surface area (Å²) < 4.78 is 7.73. The third-order valence-electron chi connectivity index (χ3n) is 5.22. The number of hydrogen-bond acceptors (Lipinski definition) is 6. The maximum absolute atomic E-state index is 9.96. The first-order valence-corrected chi connectivity index (χ1v) is 9.50. The first kappa shape index (κ1) is 16.7. The van der Waals surface area contributed by atoms with Crippen LogP contribution in [0.2, 0.25) is 0 Å². The standard InChI is InChI=1S/C23H15N5O2/c29-15-9-10-16-18(12-15)30-23-20(19(16)14-6-2-1-3-7-14)22-26-21(27-28(22)13-25-23)17-8-4-5-11-24-17/h1-13,19,29H/t19-/m0/s1. The molecule has 0 saturated heterocycles. The van der Waals surface area contributed by atoms with Gasteiger partial charge in [0.1, 0.15) is 23.5 Å². The van der Waals surface area contributed by atoms with Crippen molar-refractivity contribution in [1.29, 1.82) is 0 Å². The Morgan fingerprint density at radius 3 is 2.63 bits per heavy atom. The van der Waals surface area contributed by atoms with Crippen LogP contribution in [0.4, 0.5) is 0 Å². The molecule has 0 spiro atoms. The van der Waals surface area contributed by atoms with E-state index in [1.54, 1.807) is 29.2 Å². The van der Waals surface area contributed by atoms with Gasteiger partial charge in [0, 0.05) is 23.7 Å². The summed E-state index contributed by atoms with van der Waals surface area (Å²) in [4.78, 5) is 13.6. The fraction of sp³-hybridized carbons (Fsp3) is 0.0435. The summed E-state index contributed by atoms with van der Waals surface area (Å²) in [5.74, 6) is 1.54. The van der Waals surface area contributed by atoms with E-state index in [0.717, 1.165) is 16.7 Å². The lowest BCUT2D eigenvalue weighted by Crippen LogP contribution is -2.14. The number of pyridine rings is 1. The molecule has 7 nitrogen and oxygen atoms in total. The minimum atomic E-state index is -0.164. The minimum Gasteiger partial charge on any atom is -0.508 e. The lowest BCUT2D eigenvalue weighted by molar-refractivity contribution is 0.422. The largest absolute Gasteiger partial charge is 0.508 e. The van der Waals surface area contributed by atoms with Crippen molar-refractivity contribution in [2.45, 2.75) is 5.92 Å². The molecule has 30 heavy (non-hydrogen) atoms. The van der Waals surface area contributed by atoms with Gasteiger partial charge in [-0.1, -0.05) is 42.5 Å². The van der Waals surface area contributed by atoms with E-state index < -0.39 is 0 Å². The van der Waals surface area contributed by atoms with Crippen LogP contribution >= 0.6 is 0 Å². The summed E-state index contributed by atoms with van der Waals surface area (Å²) in [5.41, 5.74) is 4.19. The van der Waals surface area contributed by atoms with Gasteiger partial charge in [-0.15, -0.1) is 5.10 Å². The van der Waals surface area contributed by atoms with Crippen LogP contribution in [0.1, 0.15) is 22.6 Å². The van der Waals surface area contributed by atoms with Crippen LogP contribution < -0.4 is 4.74 Å². The van der Waals surface area contributed by atoms with Crippen LogP contribution in [0.5, 0.6) is 17.4 Å². The molecule has 2 aromatic carbocycles. The highest BCUT2D eigenvalue weighted by molar-refractivity contribution is 5.68. The highest BCUT2D eigenvalue weighted by Gasteiger charge is 2.33. The van der Waals surface area contributed by atoms with Gasteiger partial charge < -0.3 is 9.84 Å². The second-order valence-electron chi connectivity index (χ2n) is 7.05. The van der Waals surface area contributed by atoms with Crippen LogP contribution in [0.15, 0.2) is 79.3 Å². The van der Waals surface area contributed by atoms with Crippen LogP contribution in [0, 0.1) is 0 Å². The Balaban J connectivity index is 1.63. The molecule has 6 rings (SSSR count). The summed E-state index contributed by atoms with van der Waals surface area (Å²) in [7, 11) is 0. The molecule has 4 heterocycles. The number of ether oxygens (including phenoxy) is 1. The number of rotatable bonds is 2. The smallest absolute Gasteiger partial charge is 0.228 e. The van der Waals surface area contributed by atoms with E-state index in [9.17, 15) is 5.11 Å². The zero-order valence-electron chi connectivity index (χ0n) is 15.7. The molecule has 1 N–H and O–H groups in total. The van der Waals surface area contributed by atoms with Crippen molar-refractivity contribution >= 4 is 5.65 Å². The average molecular weight is 393 g/mol. The molecule has 5 aromatic rings. The molecule has 0 fully saturated rings. The number of phenols is 1. The second-order valence-corrected chi connectivity index (χ2v) is 7.05. The van der Waals surface area contributed by atoms with Gasteiger partial charge in [-0.25, -0.2) is 14.5 Å². The Morgan fingerprint density at radius 2 is 1.80 bits per heavy atom. The maximum atomic E-state index is 9.96.